The van der Waals surface area contributed by atoms with Crippen molar-refractivity contribution in [3.05, 3.63) is 70.4 Å². The van der Waals surface area contributed by atoms with Crippen molar-refractivity contribution in [2.24, 2.45) is 11.8 Å². The first kappa shape index (κ1) is 19.0. The van der Waals surface area contributed by atoms with Crippen LogP contribution < -0.4 is 0 Å². The fourth-order valence-electron chi connectivity index (χ4n) is 4.39. The number of aromatic nitrogens is 1. The van der Waals surface area contributed by atoms with E-state index >= 15 is 0 Å². The molecule has 3 unspecified atom stereocenters. The van der Waals surface area contributed by atoms with Gasteiger partial charge in [0.1, 0.15) is 0 Å². The van der Waals surface area contributed by atoms with Crippen LogP contribution in [-0.2, 0) is 21.0 Å². The van der Waals surface area contributed by atoms with Crippen LogP contribution in [-0.4, -0.2) is 19.7 Å². The summed E-state index contributed by atoms with van der Waals surface area (Å²) in [5.41, 5.74) is 3.43. The van der Waals surface area contributed by atoms with Crippen LogP contribution in [0.4, 0.5) is 0 Å². The van der Waals surface area contributed by atoms with Gasteiger partial charge in [0.15, 0.2) is 9.84 Å². The van der Waals surface area contributed by atoms with E-state index in [4.69, 9.17) is 11.6 Å². The topological polar surface area (TPSA) is 73.7 Å². The molecule has 4 nitrogen and oxygen atoms in total. The van der Waals surface area contributed by atoms with Gasteiger partial charge in [0.2, 0.25) is 0 Å². The quantitative estimate of drug-likeness (QED) is 0.652. The van der Waals surface area contributed by atoms with Crippen molar-refractivity contribution in [3.8, 4) is 6.07 Å². The van der Waals surface area contributed by atoms with E-state index in [-0.39, 0.29) is 23.0 Å². The molecule has 0 saturated heterocycles. The van der Waals surface area contributed by atoms with Gasteiger partial charge in [-0.2, -0.15) is 5.26 Å². The maximum Gasteiger partial charge on any atom is 0.151 e. The van der Waals surface area contributed by atoms with Gasteiger partial charge in [-0.1, -0.05) is 48.9 Å². The molecule has 1 aromatic heterocycles. The number of benzene rings is 2. The molecule has 1 N–H and O–H groups in total. The number of rotatable bonds is 5. The molecule has 0 aliphatic heterocycles. The minimum absolute atomic E-state index is 0.00774. The van der Waals surface area contributed by atoms with Crippen molar-refractivity contribution in [2.45, 2.75) is 24.5 Å². The zero-order chi connectivity index (χ0) is 20.1. The standard InChI is InChI=1S/C22H21ClN2O2S/c1-22(19-10-15(19)11-24,16-6-8-17(23)9-7-16)20-12-25-21-14(13-28(2,26)27)4-3-5-18(20)21/h3-9,12,15,19,25H,10,13H2,1-2H3. The molecule has 0 radical (unpaired) electrons. The van der Waals surface area contributed by atoms with E-state index in [0.29, 0.717) is 5.02 Å². The van der Waals surface area contributed by atoms with Crippen LogP contribution in [0.5, 0.6) is 0 Å². The van der Waals surface area contributed by atoms with Crippen molar-refractivity contribution in [1.29, 1.82) is 5.26 Å². The van der Waals surface area contributed by atoms with Crippen LogP contribution in [0.1, 0.15) is 30.0 Å². The first-order chi connectivity index (χ1) is 13.2. The predicted molar refractivity (Wildman–Crippen MR) is 112 cm³/mol. The van der Waals surface area contributed by atoms with Gasteiger partial charge in [0.05, 0.1) is 17.7 Å². The molecule has 1 aliphatic rings. The number of hydrogen-bond acceptors (Lipinski definition) is 3. The Labute approximate surface area is 170 Å². The maximum atomic E-state index is 11.8. The largest absolute Gasteiger partial charge is 0.361 e. The fraction of sp³-hybridized carbons (Fsp3) is 0.318. The summed E-state index contributed by atoms with van der Waals surface area (Å²) in [4.78, 5) is 3.31. The average Bonchev–Trinajstić information content (AvgIpc) is 3.31. The van der Waals surface area contributed by atoms with Crippen LogP contribution in [0.15, 0.2) is 48.7 Å². The number of nitrogens with one attached hydrogen (secondary N) is 1. The van der Waals surface area contributed by atoms with Crippen molar-refractivity contribution >= 4 is 32.3 Å². The van der Waals surface area contributed by atoms with E-state index < -0.39 is 9.84 Å². The smallest absolute Gasteiger partial charge is 0.151 e. The molecule has 0 bridgehead atoms. The summed E-state index contributed by atoms with van der Waals surface area (Å²) in [6, 6.07) is 16.0. The Hall–Kier alpha value is -2.29. The van der Waals surface area contributed by atoms with Crippen molar-refractivity contribution < 1.29 is 8.42 Å². The van der Waals surface area contributed by atoms with E-state index in [1.807, 2.05) is 48.7 Å². The first-order valence-electron chi connectivity index (χ1n) is 9.17. The van der Waals surface area contributed by atoms with Gasteiger partial charge >= 0.3 is 0 Å². The summed E-state index contributed by atoms with van der Waals surface area (Å²) in [6.07, 6.45) is 4.07. The Morgan fingerprint density at radius 2 is 1.96 bits per heavy atom. The molecule has 0 spiro atoms. The molecule has 1 heterocycles. The Morgan fingerprint density at radius 3 is 2.57 bits per heavy atom. The summed E-state index contributed by atoms with van der Waals surface area (Å²) in [6.45, 7) is 2.17. The highest BCUT2D eigenvalue weighted by Crippen LogP contribution is 2.56. The molecular weight excluding hydrogens is 392 g/mol. The predicted octanol–water partition coefficient (Wildman–Crippen LogP) is 4.83. The molecule has 3 aromatic rings. The van der Waals surface area contributed by atoms with Gasteiger partial charge in [-0.25, -0.2) is 8.42 Å². The van der Waals surface area contributed by atoms with Gasteiger partial charge in [-0.05, 0) is 41.2 Å². The number of sulfone groups is 1. The molecule has 2 aromatic carbocycles. The molecule has 144 valence electrons. The lowest BCUT2D eigenvalue weighted by molar-refractivity contribution is 0.483. The minimum Gasteiger partial charge on any atom is -0.361 e. The van der Waals surface area contributed by atoms with Crippen LogP contribution in [0, 0.1) is 23.2 Å². The van der Waals surface area contributed by atoms with E-state index in [0.717, 1.165) is 34.0 Å². The summed E-state index contributed by atoms with van der Waals surface area (Å²) >= 11 is 6.10. The van der Waals surface area contributed by atoms with Crippen molar-refractivity contribution in [1.82, 2.24) is 4.98 Å². The SMILES string of the molecule is CC(c1ccc(Cl)cc1)(c1c[nH]c2c(CS(C)(=O)=O)cccc12)C1CC1C#N. The number of nitrogens with zero attached hydrogens (tertiary/aromatic N) is 1. The average molecular weight is 413 g/mol. The first-order valence-corrected chi connectivity index (χ1v) is 11.6. The summed E-state index contributed by atoms with van der Waals surface area (Å²) in [5.74, 6) is 0.215. The molecule has 28 heavy (non-hydrogen) atoms. The third kappa shape index (κ3) is 3.21. The van der Waals surface area contributed by atoms with Crippen molar-refractivity contribution in [3.63, 3.8) is 0 Å². The lowest BCUT2D eigenvalue weighted by Gasteiger charge is -2.31. The van der Waals surface area contributed by atoms with Crippen LogP contribution >= 0.6 is 11.6 Å². The molecule has 6 heteroatoms. The minimum atomic E-state index is -3.15. The van der Waals surface area contributed by atoms with E-state index in [1.54, 1.807) is 0 Å². The monoisotopic (exact) mass is 412 g/mol. The Bertz CT molecular complexity index is 1190. The Balaban J connectivity index is 1.91. The molecule has 0 amide bonds. The lowest BCUT2D eigenvalue weighted by atomic mass is 9.71. The van der Waals surface area contributed by atoms with Gasteiger partial charge in [-0.3, -0.25) is 0 Å². The fourth-order valence-corrected chi connectivity index (χ4v) is 5.32. The summed E-state index contributed by atoms with van der Waals surface area (Å²) in [5, 5.41) is 11.1. The van der Waals surface area contributed by atoms with E-state index in [9.17, 15) is 13.7 Å². The van der Waals surface area contributed by atoms with Crippen molar-refractivity contribution in [2.75, 3.05) is 6.26 Å². The second-order valence-electron chi connectivity index (χ2n) is 7.90. The van der Waals surface area contributed by atoms with E-state index in [2.05, 4.69) is 18.0 Å². The zero-order valence-electron chi connectivity index (χ0n) is 15.7. The lowest BCUT2D eigenvalue weighted by Crippen LogP contribution is -2.27. The highest BCUT2D eigenvalue weighted by Gasteiger charge is 2.52. The molecular formula is C22H21ClN2O2S. The Morgan fingerprint density at radius 1 is 1.25 bits per heavy atom. The number of nitriles is 1. The second kappa shape index (κ2) is 6.65. The third-order valence-corrected chi connectivity index (χ3v) is 7.01. The molecule has 4 rings (SSSR count). The number of halogens is 1. The maximum absolute atomic E-state index is 11.8. The summed E-state index contributed by atoms with van der Waals surface area (Å²) < 4.78 is 23.7. The normalized spacial score (nSPS) is 21.2. The number of aromatic amines is 1. The Kier molecular flexibility index (Phi) is 4.52. The van der Waals surface area contributed by atoms with Crippen LogP contribution in [0.3, 0.4) is 0 Å². The molecule has 3 atom stereocenters. The molecule has 1 aliphatic carbocycles. The third-order valence-electron chi connectivity index (χ3n) is 5.92. The number of para-hydroxylation sites is 1. The van der Waals surface area contributed by atoms with Gasteiger partial charge < -0.3 is 4.98 Å². The number of hydrogen-bond donors (Lipinski definition) is 1. The molecule has 1 fully saturated rings. The number of fused-ring (bicyclic) bond motifs is 1. The van der Waals surface area contributed by atoms with Gasteiger partial charge in [-0.15, -0.1) is 0 Å². The number of H-pyrrole nitrogens is 1. The van der Waals surface area contributed by atoms with Gasteiger partial charge in [0, 0.05) is 33.8 Å². The van der Waals surface area contributed by atoms with E-state index in [1.165, 1.54) is 6.26 Å². The van der Waals surface area contributed by atoms with Gasteiger partial charge in [0.25, 0.3) is 0 Å². The highest BCUT2D eigenvalue weighted by atomic mass is 35.5. The highest BCUT2D eigenvalue weighted by molar-refractivity contribution is 7.89. The van der Waals surface area contributed by atoms with Crippen LogP contribution in [0.25, 0.3) is 10.9 Å². The molecule has 1 saturated carbocycles. The zero-order valence-corrected chi connectivity index (χ0v) is 17.3. The van der Waals surface area contributed by atoms with Crippen LogP contribution in [0.2, 0.25) is 5.02 Å². The second-order valence-corrected chi connectivity index (χ2v) is 10.5. The summed E-state index contributed by atoms with van der Waals surface area (Å²) in [7, 11) is -3.15.